The van der Waals surface area contributed by atoms with Gasteiger partial charge in [-0.1, -0.05) is 12.1 Å². The Labute approximate surface area is 125 Å². The zero-order valence-corrected chi connectivity index (χ0v) is 13.3. The molecule has 1 aromatic carbocycles. The molecule has 3 N–H and O–H groups in total. The fraction of sp³-hybridized carbons (Fsp3) is 0.500. The number of sulfonamides is 1. The Morgan fingerprint density at radius 3 is 2.52 bits per heavy atom. The molecule has 0 bridgehead atoms. The number of nitrogens with zero attached hydrogens (tertiary/aromatic N) is 1. The average Bonchev–Trinajstić information content (AvgIpc) is 2.38. The van der Waals surface area contributed by atoms with E-state index < -0.39 is 10.0 Å². The average molecular weight is 311 g/mol. The highest BCUT2D eigenvalue weighted by Crippen LogP contribution is 2.26. The molecule has 2 rings (SSSR count). The minimum Gasteiger partial charge on any atom is -0.397 e. The van der Waals surface area contributed by atoms with Crippen molar-refractivity contribution in [1.82, 2.24) is 9.62 Å². The minimum atomic E-state index is -3.70. The van der Waals surface area contributed by atoms with Crippen molar-refractivity contribution in [3.63, 3.8) is 0 Å². The van der Waals surface area contributed by atoms with Gasteiger partial charge in [0.05, 0.1) is 5.69 Å². The van der Waals surface area contributed by atoms with E-state index in [4.69, 9.17) is 5.73 Å². The molecule has 1 fully saturated rings. The number of nitrogens with one attached hydrogen (secondary N) is 1. The number of amides is 1. The molecular weight excluding hydrogens is 290 g/mol. The van der Waals surface area contributed by atoms with Crippen LogP contribution in [0.5, 0.6) is 0 Å². The summed E-state index contributed by atoms with van der Waals surface area (Å²) in [4.78, 5) is 13.1. The van der Waals surface area contributed by atoms with Crippen molar-refractivity contribution in [1.29, 1.82) is 0 Å². The molecule has 1 unspecified atom stereocenters. The predicted molar refractivity (Wildman–Crippen MR) is 81.3 cm³/mol. The normalized spacial score (nSPS) is 19.9. The van der Waals surface area contributed by atoms with E-state index in [0.29, 0.717) is 24.9 Å². The Morgan fingerprint density at radius 1 is 1.29 bits per heavy atom. The molecule has 1 saturated heterocycles. The fourth-order valence-electron chi connectivity index (χ4n) is 2.55. The highest BCUT2D eigenvalue weighted by Gasteiger charge is 2.29. The summed E-state index contributed by atoms with van der Waals surface area (Å²) in [5, 5.41) is 0. The largest absolute Gasteiger partial charge is 0.397 e. The number of nitrogen functional groups attached to an aromatic ring is 1. The molecule has 1 aliphatic rings. The molecule has 0 radical (unpaired) electrons. The number of benzene rings is 1. The van der Waals surface area contributed by atoms with Gasteiger partial charge in [0.1, 0.15) is 4.90 Å². The Kier molecular flexibility index (Phi) is 4.25. The van der Waals surface area contributed by atoms with Gasteiger partial charge in [-0.3, -0.25) is 4.79 Å². The highest BCUT2D eigenvalue weighted by atomic mass is 32.2. The van der Waals surface area contributed by atoms with Gasteiger partial charge in [-0.25, -0.2) is 13.1 Å². The van der Waals surface area contributed by atoms with Crippen LogP contribution in [0.15, 0.2) is 17.0 Å². The summed E-state index contributed by atoms with van der Waals surface area (Å²) in [5.41, 5.74) is 7.57. The van der Waals surface area contributed by atoms with Crippen molar-refractivity contribution in [3.05, 3.63) is 23.3 Å². The number of carbonyl (C=O) groups is 1. The third-order valence-corrected chi connectivity index (χ3v) is 5.55. The molecule has 1 amide bonds. The quantitative estimate of drug-likeness (QED) is 0.807. The van der Waals surface area contributed by atoms with Crippen molar-refractivity contribution in [2.24, 2.45) is 0 Å². The van der Waals surface area contributed by atoms with Crippen molar-refractivity contribution in [3.8, 4) is 0 Å². The van der Waals surface area contributed by atoms with Crippen molar-refractivity contribution in [2.45, 2.75) is 37.6 Å². The van der Waals surface area contributed by atoms with Crippen LogP contribution in [0.4, 0.5) is 5.69 Å². The van der Waals surface area contributed by atoms with E-state index in [9.17, 15) is 13.2 Å². The first-order chi connectivity index (χ1) is 9.72. The van der Waals surface area contributed by atoms with E-state index in [1.54, 1.807) is 37.9 Å². The molecule has 0 aromatic heterocycles. The molecule has 0 saturated carbocycles. The topological polar surface area (TPSA) is 92.5 Å². The first-order valence-electron chi connectivity index (χ1n) is 6.84. The van der Waals surface area contributed by atoms with E-state index in [-0.39, 0.29) is 22.5 Å². The van der Waals surface area contributed by atoms with Crippen LogP contribution >= 0.6 is 0 Å². The van der Waals surface area contributed by atoms with Crippen LogP contribution in [0.25, 0.3) is 0 Å². The molecule has 1 aliphatic heterocycles. The van der Waals surface area contributed by atoms with Crippen LogP contribution < -0.4 is 10.5 Å². The summed E-state index contributed by atoms with van der Waals surface area (Å²) in [5.74, 6) is 0.0386. The Morgan fingerprint density at radius 2 is 1.90 bits per heavy atom. The number of likely N-dealkylation sites (tertiary alicyclic amines) is 1. The zero-order chi connectivity index (χ0) is 15.8. The summed E-state index contributed by atoms with van der Waals surface area (Å²) in [6.07, 6.45) is 0.860. The number of hydrogen-bond acceptors (Lipinski definition) is 4. The monoisotopic (exact) mass is 311 g/mol. The first kappa shape index (κ1) is 15.8. The highest BCUT2D eigenvalue weighted by molar-refractivity contribution is 7.89. The lowest BCUT2D eigenvalue weighted by atomic mass is 10.1. The van der Waals surface area contributed by atoms with E-state index in [2.05, 4.69) is 4.72 Å². The molecule has 1 aromatic rings. The van der Waals surface area contributed by atoms with Gasteiger partial charge in [-0.15, -0.1) is 0 Å². The maximum Gasteiger partial charge on any atom is 0.243 e. The smallest absolute Gasteiger partial charge is 0.243 e. The van der Waals surface area contributed by atoms with Crippen molar-refractivity contribution >= 4 is 21.6 Å². The van der Waals surface area contributed by atoms with E-state index in [1.807, 2.05) is 0 Å². The number of rotatable bonds is 3. The second-order valence-corrected chi connectivity index (χ2v) is 7.22. The summed E-state index contributed by atoms with van der Waals surface area (Å²) in [6.45, 7) is 3.88. The summed E-state index contributed by atoms with van der Waals surface area (Å²) < 4.78 is 27.8. The lowest BCUT2D eigenvalue weighted by Crippen LogP contribution is -2.48. The van der Waals surface area contributed by atoms with Gasteiger partial charge in [0, 0.05) is 26.1 Å². The number of aryl methyl sites for hydroxylation is 2. The molecule has 116 valence electrons. The van der Waals surface area contributed by atoms with Gasteiger partial charge in [0.15, 0.2) is 0 Å². The van der Waals surface area contributed by atoms with Gasteiger partial charge < -0.3 is 10.6 Å². The molecule has 6 nitrogen and oxygen atoms in total. The lowest BCUT2D eigenvalue weighted by Gasteiger charge is -2.30. The number of nitrogens with two attached hydrogens (primary N) is 1. The Balaban J connectivity index is 2.28. The van der Waals surface area contributed by atoms with Crippen LogP contribution in [0, 0.1) is 13.8 Å². The number of carbonyl (C=O) groups excluding carboxylic acids is 1. The van der Waals surface area contributed by atoms with Gasteiger partial charge in [-0.2, -0.15) is 0 Å². The zero-order valence-electron chi connectivity index (χ0n) is 12.5. The van der Waals surface area contributed by atoms with Gasteiger partial charge in [-0.05, 0) is 31.4 Å². The number of likely N-dealkylation sites (N-methyl/N-ethyl adjacent to an activating group) is 1. The fourth-order valence-corrected chi connectivity index (χ4v) is 4.24. The molecule has 1 atom stereocenters. The van der Waals surface area contributed by atoms with Crippen molar-refractivity contribution < 1.29 is 13.2 Å². The standard InChI is InChI=1S/C14H21N3O3S/c1-9-4-5-10(2)14(13(9)15)21(19,20)16-11-6-7-12(18)17(3)8-11/h4-5,11,16H,6-8,15H2,1-3H3. The number of anilines is 1. The van der Waals surface area contributed by atoms with Crippen LogP contribution in [-0.2, 0) is 14.8 Å². The SMILES string of the molecule is Cc1ccc(C)c(S(=O)(=O)NC2CCC(=O)N(C)C2)c1N. The summed E-state index contributed by atoms with van der Waals surface area (Å²) in [6, 6.07) is 3.27. The van der Waals surface area contributed by atoms with Crippen LogP contribution in [0.2, 0.25) is 0 Å². The first-order valence-corrected chi connectivity index (χ1v) is 8.32. The Hall–Kier alpha value is -1.60. The molecule has 0 aliphatic carbocycles. The van der Waals surface area contributed by atoms with Gasteiger partial charge in [0.2, 0.25) is 15.9 Å². The van der Waals surface area contributed by atoms with E-state index in [1.165, 1.54) is 0 Å². The molecule has 21 heavy (non-hydrogen) atoms. The van der Waals surface area contributed by atoms with Gasteiger partial charge >= 0.3 is 0 Å². The minimum absolute atomic E-state index is 0.0386. The van der Waals surface area contributed by atoms with Crippen LogP contribution in [0.3, 0.4) is 0 Å². The predicted octanol–water partition coefficient (Wildman–Crippen LogP) is 0.785. The van der Waals surface area contributed by atoms with E-state index in [0.717, 1.165) is 5.56 Å². The Bertz CT molecular complexity index is 670. The van der Waals surface area contributed by atoms with Crippen molar-refractivity contribution in [2.75, 3.05) is 19.3 Å². The molecular formula is C14H21N3O3S. The van der Waals surface area contributed by atoms with Gasteiger partial charge in [0.25, 0.3) is 0 Å². The van der Waals surface area contributed by atoms with E-state index >= 15 is 0 Å². The molecule has 0 spiro atoms. The number of hydrogen-bond donors (Lipinski definition) is 2. The summed E-state index contributed by atoms with van der Waals surface area (Å²) in [7, 11) is -2.02. The maximum atomic E-state index is 12.6. The summed E-state index contributed by atoms with van der Waals surface area (Å²) >= 11 is 0. The molecule has 1 heterocycles. The third kappa shape index (κ3) is 3.19. The lowest BCUT2D eigenvalue weighted by molar-refractivity contribution is -0.132. The number of piperidine rings is 1. The molecule has 7 heteroatoms. The van der Waals surface area contributed by atoms with Crippen LogP contribution in [0.1, 0.15) is 24.0 Å². The second-order valence-electron chi connectivity index (χ2n) is 5.57. The van der Waals surface area contributed by atoms with Crippen LogP contribution in [-0.4, -0.2) is 38.9 Å². The maximum absolute atomic E-state index is 12.6. The third-order valence-electron chi connectivity index (χ3n) is 3.83. The second kappa shape index (κ2) is 5.65.